The van der Waals surface area contributed by atoms with Gasteiger partial charge in [0.2, 0.25) is 0 Å². The Labute approximate surface area is 159 Å². The van der Waals surface area contributed by atoms with E-state index in [4.69, 9.17) is 0 Å². The number of hydrogen-bond donors (Lipinski definition) is 1. The zero-order chi connectivity index (χ0) is 18.6. The fourth-order valence-corrected chi connectivity index (χ4v) is 4.11. The van der Waals surface area contributed by atoms with Gasteiger partial charge in [0.15, 0.2) is 5.82 Å². The Morgan fingerprint density at radius 1 is 1.19 bits per heavy atom. The lowest BCUT2D eigenvalue weighted by atomic mass is 9.91. The lowest BCUT2D eigenvalue weighted by Crippen LogP contribution is -2.34. The van der Waals surface area contributed by atoms with Crippen molar-refractivity contribution in [2.75, 3.05) is 6.54 Å². The number of aryl methyl sites for hydroxylation is 1. The number of H-pyrrole nitrogens is 1. The van der Waals surface area contributed by atoms with Gasteiger partial charge in [-0.25, -0.2) is 9.67 Å². The van der Waals surface area contributed by atoms with E-state index in [1.54, 1.807) is 10.9 Å². The summed E-state index contributed by atoms with van der Waals surface area (Å²) in [5, 5.41) is 3.32. The SMILES string of the molecule is CCCN(Cc1ccccc1)C1CCCc2[nH]n(-c3ccccn3)c(=O)c21. The summed E-state index contributed by atoms with van der Waals surface area (Å²) >= 11 is 0. The molecule has 0 radical (unpaired) electrons. The lowest BCUT2D eigenvalue weighted by Gasteiger charge is -2.33. The molecule has 0 aliphatic heterocycles. The second-order valence-corrected chi connectivity index (χ2v) is 7.20. The van der Waals surface area contributed by atoms with E-state index in [1.807, 2.05) is 24.3 Å². The molecule has 1 N–H and O–H groups in total. The zero-order valence-electron chi connectivity index (χ0n) is 15.8. The van der Waals surface area contributed by atoms with Crippen molar-refractivity contribution in [3.05, 3.63) is 81.9 Å². The van der Waals surface area contributed by atoms with Gasteiger partial charge in [0, 0.05) is 24.5 Å². The van der Waals surface area contributed by atoms with Crippen LogP contribution in [0.5, 0.6) is 0 Å². The van der Waals surface area contributed by atoms with Crippen LogP contribution in [0.3, 0.4) is 0 Å². The Morgan fingerprint density at radius 3 is 2.74 bits per heavy atom. The molecule has 140 valence electrons. The average molecular weight is 362 g/mol. The molecular weight excluding hydrogens is 336 g/mol. The minimum absolute atomic E-state index is 0.0440. The van der Waals surface area contributed by atoms with Crippen LogP contribution >= 0.6 is 0 Å². The van der Waals surface area contributed by atoms with Gasteiger partial charge in [0.25, 0.3) is 5.56 Å². The second-order valence-electron chi connectivity index (χ2n) is 7.20. The molecular formula is C22H26N4O. The smallest absolute Gasteiger partial charge is 0.277 e. The quantitative estimate of drug-likeness (QED) is 0.725. The summed E-state index contributed by atoms with van der Waals surface area (Å²) in [6.45, 7) is 4.05. The monoisotopic (exact) mass is 362 g/mol. The lowest BCUT2D eigenvalue weighted by molar-refractivity contribution is 0.169. The first-order valence-electron chi connectivity index (χ1n) is 9.81. The molecule has 5 nitrogen and oxygen atoms in total. The molecule has 0 saturated heterocycles. The van der Waals surface area contributed by atoms with Gasteiger partial charge in [-0.15, -0.1) is 0 Å². The number of hydrogen-bond acceptors (Lipinski definition) is 3. The van der Waals surface area contributed by atoms with E-state index in [1.165, 1.54) is 5.56 Å². The van der Waals surface area contributed by atoms with Gasteiger partial charge in [0.05, 0.1) is 5.56 Å². The first-order valence-corrected chi connectivity index (χ1v) is 9.81. The Hall–Kier alpha value is -2.66. The largest absolute Gasteiger partial charge is 0.293 e. The summed E-state index contributed by atoms with van der Waals surface area (Å²) in [5.74, 6) is 0.653. The van der Waals surface area contributed by atoms with Crippen LogP contribution in [0, 0.1) is 0 Å². The highest BCUT2D eigenvalue weighted by Gasteiger charge is 2.31. The molecule has 0 amide bonds. The average Bonchev–Trinajstić information content (AvgIpc) is 3.06. The Morgan fingerprint density at radius 2 is 2.00 bits per heavy atom. The van der Waals surface area contributed by atoms with Gasteiger partial charge in [-0.1, -0.05) is 43.3 Å². The number of aromatic amines is 1. The van der Waals surface area contributed by atoms with E-state index in [2.05, 4.69) is 46.2 Å². The van der Waals surface area contributed by atoms with Crippen LogP contribution in [0.15, 0.2) is 59.5 Å². The molecule has 1 aliphatic rings. The third kappa shape index (κ3) is 3.60. The fraction of sp³-hybridized carbons (Fsp3) is 0.364. The molecule has 5 heteroatoms. The van der Waals surface area contributed by atoms with Crippen molar-refractivity contribution in [2.24, 2.45) is 0 Å². The molecule has 2 aromatic heterocycles. The normalized spacial score (nSPS) is 16.4. The molecule has 1 atom stereocenters. The number of nitrogens with one attached hydrogen (secondary N) is 1. The molecule has 27 heavy (non-hydrogen) atoms. The third-order valence-corrected chi connectivity index (χ3v) is 5.30. The zero-order valence-corrected chi connectivity index (χ0v) is 15.8. The highest BCUT2D eigenvalue weighted by molar-refractivity contribution is 5.30. The van der Waals surface area contributed by atoms with E-state index in [0.29, 0.717) is 5.82 Å². The number of benzene rings is 1. The van der Waals surface area contributed by atoms with Crippen molar-refractivity contribution in [1.82, 2.24) is 19.7 Å². The number of rotatable bonds is 6. The van der Waals surface area contributed by atoms with Crippen molar-refractivity contribution >= 4 is 0 Å². The molecule has 0 spiro atoms. The van der Waals surface area contributed by atoms with E-state index < -0.39 is 0 Å². The third-order valence-electron chi connectivity index (χ3n) is 5.30. The van der Waals surface area contributed by atoms with E-state index >= 15 is 0 Å². The number of aromatic nitrogens is 3. The molecule has 1 aromatic carbocycles. The van der Waals surface area contributed by atoms with E-state index in [-0.39, 0.29) is 11.6 Å². The fourth-order valence-electron chi connectivity index (χ4n) is 4.11. The summed E-state index contributed by atoms with van der Waals surface area (Å²) < 4.78 is 1.61. The summed E-state index contributed by atoms with van der Waals surface area (Å²) in [5.41, 5.74) is 3.33. The maximum Gasteiger partial charge on any atom is 0.277 e. The van der Waals surface area contributed by atoms with E-state index in [9.17, 15) is 4.79 Å². The maximum atomic E-state index is 13.3. The van der Waals surface area contributed by atoms with Crippen molar-refractivity contribution < 1.29 is 0 Å². The summed E-state index contributed by atoms with van der Waals surface area (Å²) in [4.78, 5) is 20.1. The van der Waals surface area contributed by atoms with Gasteiger partial charge in [0.1, 0.15) is 0 Å². The molecule has 1 unspecified atom stereocenters. The standard InChI is InChI=1S/C22H26N4O/c1-2-15-25(16-17-9-4-3-5-10-17)19-12-8-11-18-21(19)22(27)26(24-18)20-13-6-7-14-23-20/h3-7,9-10,13-14,19,24H,2,8,11-12,15-16H2,1H3. The van der Waals surface area contributed by atoms with Crippen LogP contribution in [0.2, 0.25) is 0 Å². The molecule has 1 aliphatic carbocycles. The summed E-state index contributed by atoms with van der Waals surface area (Å²) in [6.07, 6.45) is 5.82. The Balaban J connectivity index is 1.71. The molecule has 0 fully saturated rings. The molecule has 0 saturated carbocycles. The Bertz CT molecular complexity index is 930. The van der Waals surface area contributed by atoms with Gasteiger partial charge >= 0.3 is 0 Å². The van der Waals surface area contributed by atoms with Crippen LogP contribution in [-0.4, -0.2) is 26.2 Å². The number of pyridine rings is 1. The van der Waals surface area contributed by atoms with Crippen molar-refractivity contribution in [1.29, 1.82) is 0 Å². The topological polar surface area (TPSA) is 53.9 Å². The van der Waals surface area contributed by atoms with Crippen molar-refractivity contribution in [2.45, 2.75) is 45.2 Å². The van der Waals surface area contributed by atoms with E-state index in [0.717, 1.165) is 50.0 Å². The maximum absolute atomic E-state index is 13.3. The summed E-state index contributed by atoms with van der Waals surface area (Å²) in [7, 11) is 0. The van der Waals surface area contributed by atoms with Gasteiger partial charge in [-0.2, -0.15) is 0 Å². The molecule has 0 bridgehead atoms. The predicted octanol–water partition coefficient (Wildman–Crippen LogP) is 3.85. The number of nitrogens with zero attached hydrogens (tertiary/aromatic N) is 3. The van der Waals surface area contributed by atoms with Crippen LogP contribution in [0.4, 0.5) is 0 Å². The Kier molecular flexibility index (Phi) is 5.21. The molecule has 4 rings (SSSR count). The second kappa shape index (κ2) is 7.92. The van der Waals surface area contributed by atoms with Crippen LogP contribution in [0.25, 0.3) is 5.82 Å². The van der Waals surface area contributed by atoms with Crippen LogP contribution in [0.1, 0.15) is 49.0 Å². The van der Waals surface area contributed by atoms with Crippen LogP contribution < -0.4 is 5.56 Å². The van der Waals surface area contributed by atoms with Gasteiger partial charge in [-0.3, -0.25) is 14.8 Å². The minimum Gasteiger partial charge on any atom is -0.293 e. The molecule has 2 heterocycles. The predicted molar refractivity (Wildman–Crippen MR) is 107 cm³/mol. The first-order chi connectivity index (χ1) is 13.3. The molecule has 3 aromatic rings. The minimum atomic E-state index is 0.0440. The van der Waals surface area contributed by atoms with Gasteiger partial charge in [-0.05, 0) is 49.9 Å². The van der Waals surface area contributed by atoms with Crippen molar-refractivity contribution in [3.8, 4) is 5.82 Å². The van der Waals surface area contributed by atoms with Gasteiger partial charge < -0.3 is 0 Å². The number of fused-ring (bicyclic) bond motifs is 1. The highest BCUT2D eigenvalue weighted by atomic mass is 16.1. The van der Waals surface area contributed by atoms with Crippen molar-refractivity contribution in [3.63, 3.8) is 0 Å². The van der Waals surface area contributed by atoms with Crippen LogP contribution in [-0.2, 0) is 13.0 Å². The first kappa shape index (κ1) is 17.7. The highest BCUT2D eigenvalue weighted by Crippen LogP contribution is 2.33. The summed E-state index contributed by atoms with van der Waals surface area (Å²) in [6, 6.07) is 16.3.